The maximum atomic E-state index is 9.57. The summed E-state index contributed by atoms with van der Waals surface area (Å²) in [7, 11) is 0. The van der Waals surface area contributed by atoms with Crippen LogP contribution in [0.25, 0.3) is 0 Å². The van der Waals surface area contributed by atoms with E-state index in [1.807, 2.05) is 5.32 Å². The van der Waals surface area contributed by atoms with E-state index in [4.69, 9.17) is 20.4 Å². The van der Waals surface area contributed by atoms with Crippen LogP contribution in [0.1, 0.15) is 5.48 Å². The Bertz CT molecular complexity index is 333. The largest absolute Gasteiger partial charge is 0.395 e. The Morgan fingerprint density at radius 3 is 2.44 bits per heavy atom. The topological polar surface area (TPSA) is 122 Å². The summed E-state index contributed by atoms with van der Waals surface area (Å²) in [4.78, 5) is 0. The minimum atomic E-state index is -3.18. The second kappa shape index (κ2) is 6.67. The van der Waals surface area contributed by atoms with Gasteiger partial charge in [0.05, 0.1) is 15.9 Å². The van der Waals surface area contributed by atoms with E-state index in [1.165, 1.54) is 0 Å². The third kappa shape index (κ3) is 3.25. The smallest absolute Gasteiger partial charge is 0.219 e. The monoisotopic (exact) mass is 263 g/mol. The van der Waals surface area contributed by atoms with E-state index in [1.54, 1.807) is 0 Å². The lowest BCUT2D eigenvalue weighted by Gasteiger charge is -2.22. The third-order valence-corrected chi connectivity index (χ3v) is 2.20. The lowest BCUT2D eigenvalue weighted by Crippen LogP contribution is -2.46. The molecular weight excluding hydrogens is 242 g/mol. The quantitative estimate of drug-likeness (QED) is 0.309. The molecule has 1 saturated heterocycles. The summed E-state index contributed by atoms with van der Waals surface area (Å²) in [5.74, 6) is -2.36. The summed E-state index contributed by atoms with van der Waals surface area (Å²) < 4.78 is 33.0. The molecule has 0 aromatic carbocycles. The fraction of sp³-hybridized carbons (Fsp3) is 1.00. The molecule has 7 nitrogen and oxygen atoms in total. The van der Waals surface area contributed by atoms with Gasteiger partial charge in [0.15, 0.2) is 0 Å². The molecule has 0 bridgehead atoms. The van der Waals surface area contributed by atoms with Gasteiger partial charge >= 0.3 is 0 Å². The Kier molecular flexibility index (Phi) is 4.16. The van der Waals surface area contributed by atoms with Crippen LogP contribution in [0.2, 0.25) is 0 Å². The Hall–Kier alpha value is 0.01000. The summed E-state index contributed by atoms with van der Waals surface area (Å²) >= 11 is 0. The van der Waals surface area contributed by atoms with Gasteiger partial charge in [0.2, 0.25) is 5.79 Å². The number of rotatable bonds is 5. The summed E-state index contributed by atoms with van der Waals surface area (Å²) in [6.07, 6.45) is -4.68. The van der Waals surface area contributed by atoms with E-state index in [9.17, 15) is 15.3 Å². The van der Waals surface area contributed by atoms with E-state index < -0.39 is 50.3 Å². The number of nitrogens with one attached hydrogen (secondary N) is 1. The molecule has 0 aromatic heterocycles. The molecule has 8 heteroatoms. The number of aliphatic hydroxyl groups excluding tert-OH is 3. The van der Waals surface area contributed by atoms with Crippen molar-refractivity contribution in [1.82, 2.24) is 5.32 Å². The van der Waals surface area contributed by atoms with Crippen LogP contribution in [0, 0.1) is 0 Å². The van der Waals surface area contributed by atoms with Gasteiger partial charge in [0.1, 0.15) is 18.3 Å². The van der Waals surface area contributed by atoms with Crippen LogP contribution < -0.4 is 5.32 Å². The van der Waals surface area contributed by atoms with Crippen LogP contribution >= 0.6 is 12.4 Å². The molecular formula is C8H18ClNO6. The van der Waals surface area contributed by atoms with E-state index in [-0.39, 0.29) is 12.4 Å². The Balaban J connectivity index is 0.00000361. The molecule has 1 aliphatic rings. The van der Waals surface area contributed by atoms with Gasteiger partial charge in [-0.15, -0.1) is 12.4 Å². The molecule has 98 valence electrons. The highest BCUT2D eigenvalue weighted by Crippen LogP contribution is 2.28. The molecule has 4 atom stereocenters. The first-order valence-corrected chi connectivity index (χ1v) is 4.29. The van der Waals surface area contributed by atoms with Crippen molar-refractivity contribution in [2.24, 2.45) is 0 Å². The van der Waals surface area contributed by atoms with Crippen molar-refractivity contribution in [3.63, 3.8) is 0 Å². The summed E-state index contributed by atoms with van der Waals surface area (Å²) in [6, 6.07) is 0. The van der Waals surface area contributed by atoms with Crippen LogP contribution in [-0.2, 0) is 4.74 Å². The number of halogens is 1. The fourth-order valence-corrected chi connectivity index (χ4v) is 1.36. The Morgan fingerprint density at radius 2 is 2.00 bits per heavy atom. The number of hydrogen-bond acceptors (Lipinski definition) is 7. The molecule has 0 spiro atoms. The molecule has 1 rings (SSSR count). The van der Waals surface area contributed by atoms with Gasteiger partial charge in [-0.05, 0) is 0 Å². The highest BCUT2D eigenvalue weighted by atomic mass is 35.5. The maximum absolute atomic E-state index is 9.57. The van der Waals surface area contributed by atoms with Crippen molar-refractivity contribution in [1.29, 1.82) is 0 Å². The standard InChI is InChI=1S/C8H17NO6.ClH/c10-2-1-9-3-5-6(12)7(13)8(14,4-11)15-5;/h5-7,9-14H,1-4H2;1H/t5-,6+,7-,8+;/m0./s1/i1D2,2D2;. The Labute approximate surface area is 105 Å². The lowest BCUT2D eigenvalue weighted by molar-refractivity contribution is -0.245. The molecule has 0 amide bonds. The summed E-state index contributed by atoms with van der Waals surface area (Å²) in [6.45, 7) is -7.49. The molecule has 0 radical (unpaired) electrons. The number of hydrogen-bond donors (Lipinski definition) is 6. The number of aliphatic hydroxyl groups is 5. The van der Waals surface area contributed by atoms with Gasteiger partial charge in [-0.25, -0.2) is 0 Å². The lowest BCUT2D eigenvalue weighted by atomic mass is 10.1. The van der Waals surface area contributed by atoms with Crippen molar-refractivity contribution >= 4 is 12.4 Å². The number of ether oxygens (including phenoxy) is 1. The average molecular weight is 264 g/mol. The summed E-state index contributed by atoms with van der Waals surface area (Å²) in [5.41, 5.74) is 0. The van der Waals surface area contributed by atoms with Crippen molar-refractivity contribution in [2.45, 2.75) is 24.1 Å². The Morgan fingerprint density at radius 1 is 1.38 bits per heavy atom. The SMILES string of the molecule is Cl.[2H]C([2H])(O)C([2H])([2H])NC[C@@H]1O[C@](O)(CO)[C@@H](O)[C@@H]1O. The van der Waals surface area contributed by atoms with Crippen molar-refractivity contribution in [3.05, 3.63) is 0 Å². The molecule has 0 unspecified atom stereocenters. The summed E-state index contributed by atoms with van der Waals surface area (Å²) in [5, 5.41) is 48.3. The van der Waals surface area contributed by atoms with E-state index in [0.717, 1.165) is 0 Å². The highest BCUT2D eigenvalue weighted by molar-refractivity contribution is 5.85. The first kappa shape index (κ1) is 9.98. The zero-order valence-electron chi connectivity index (χ0n) is 12.2. The van der Waals surface area contributed by atoms with Crippen molar-refractivity contribution in [3.8, 4) is 0 Å². The van der Waals surface area contributed by atoms with Crippen LogP contribution in [0.15, 0.2) is 0 Å². The normalized spacial score (nSPS) is 43.9. The predicted molar refractivity (Wildman–Crippen MR) is 56.1 cm³/mol. The van der Waals surface area contributed by atoms with Crippen LogP contribution in [-0.4, -0.2) is 75.8 Å². The van der Waals surface area contributed by atoms with Crippen LogP contribution in [0.5, 0.6) is 0 Å². The van der Waals surface area contributed by atoms with Crippen LogP contribution in [0.4, 0.5) is 0 Å². The first-order valence-electron chi connectivity index (χ1n) is 6.29. The molecule has 0 aliphatic carbocycles. The molecule has 0 aromatic rings. The zero-order chi connectivity index (χ0) is 15.1. The molecule has 1 heterocycles. The minimum absolute atomic E-state index is 0. The van der Waals surface area contributed by atoms with Gasteiger partial charge in [-0.2, -0.15) is 0 Å². The molecule has 1 aliphatic heterocycles. The van der Waals surface area contributed by atoms with Gasteiger partial charge in [-0.1, -0.05) is 0 Å². The zero-order valence-corrected chi connectivity index (χ0v) is 9.02. The van der Waals surface area contributed by atoms with E-state index in [2.05, 4.69) is 0 Å². The molecule has 0 saturated carbocycles. The van der Waals surface area contributed by atoms with Crippen LogP contribution in [0.3, 0.4) is 0 Å². The minimum Gasteiger partial charge on any atom is -0.395 e. The van der Waals surface area contributed by atoms with Crippen molar-refractivity contribution < 1.29 is 35.8 Å². The van der Waals surface area contributed by atoms with Gasteiger partial charge < -0.3 is 35.6 Å². The third-order valence-electron chi connectivity index (χ3n) is 2.20. The molecule has 1 fully saturated rings. The second-order valence-corrected chi connectivity index (χ2v) is 3.21. The first-order chi connectivity index (χ1) is 8.44. The van der Waals surface area contributed by atoms with E-state index >= 15 is 0 Å². The molecule has 16 heavy (non-hydrogen) atoms. The van der Waals surface area contributed by atoms with Gasteiger partial charge in [-0.3, -0.25) is 0 Å². The van der Waals surface area contributed by atoms with E-state index in [0.29, 0.717) is 0 Å². The van der Waals surface area contributed by atoms with Gasteiger partial charge in [0, 0.05) is 15.8 Å². The predicted octanol–water partition coefficient (Wildman–Crippen LogP) is -3.21. The maximum Gasteiger partial charge on any atom is 0.219 e. The second-order valence-electron chi connectivity index (χ2n) is 3.21. The van der Waals surface area contributed by atoms with Gasteiger partial charge in [0.25, 0.3) is 0 Å². The highest BCUT2D eigenvalue weighted by Gasteiger charge is 2.52. The molecule has 6 N–H and O–H groups in total. The average Bonchev–Trinajstić information content (AvgIpc) is 2.51. The van der Waals surface area contributed by atoms with Crippen molar-refractivity contribution in [2.75, 3.05) is 26.2 Å². The fourth-order valence-electron chi connectivity index (χ4n) is 1.36.